The van der Waals surface area contributed by atoms with Gasteiger partial charge in [-0.3, -0.25) is 9.69 Å². The first-order chi connectivity index (χ1) is 15.6. The molecule has 0 N–H and O–H groups in total. The number of hydrogen-bond donors (Lipinski definition) is 0. The van der Waals surface area contributed by atoms with Crippen LogP contribution in [-0.2, 0) is 11.3 Å². The van der Waals surface area contributed by atoms with Crippen LogP contribution in [0.4, 0.5) is 5.69 Å². The van der Waals surface area contributed by atoms with E-state index in [2.05, 4.69) is 67.3 Å². The first-order valence-corrected chi connectivity index (χ1v) is 11.5. The summed E-state index contributed by atoms with van der Waals surface area (Å²) in [4.78, 5) is 18.0. The van der Waals surface area contributed by atoms with Crippen LogP contribution in [0.25, 0.3) is 6.08 Å². The third-order valence-corrected chi connectivity index (χ3v) is 6.11. The van der Waals surface area contributed by atoms with Gasteiger partial charge in [0.2, 0.25) is 0 Å². The number of piperidine rings is 1. The topological polar surface area (TPSA) is 23.6 Å². The predicted molar refractivity (Wildman–Crippen MR) is 134 cm³/mol. The Bertz CT molecular complexity index is 1030. The molecule has 0 bridgehead atoms. The molecule has 32 heavy (non-hydrogen) atoms. The number of likely N-dealkylation sites (tertiary alicyclic amines) is 1. The maximum Gasteiger partial charge on any atom is 0.251 e. The summed E-state index contributed by atoms with van der Waals surface area (Å²) in [6.45, 7) is 7.16. The fraction of sp³-hybridized carbons (Fsp3) is 0.276. The molecule has 0 spiro atoms. The molecule has 1 aliphatic rings. The van der Waals surface area contributed by atoms with Crippen molar-refractivity contribution in [2.24, 2.45) is 0 Å². The minimum absolute atomic E-state index is 0.0559. The second-order valence-corrected chi connectivity index (χ2v) is 8.79. The summed E-state index contributed by atoms with van der Waals surface area (Å²) >= 11 is 0. The molecule has 3 heteroatoms. The van der Waals surface area contributed by atoms with E-state index in [0.29, 0.717) is 0 Å². The highest BCUT2D eigenvalue weighted by molar-refractivity contribution is 6.04. The first-order valence-electron chi connectivity index (χ1n) is 11.5. The Kier molecular flexibility index (Phi) is 7.18. The average Bonchev–Trinajstić information content (AvgIpc) is 2.80. The molecule has 0 saturated carbocycles. The first kappa shape index (κ1) is 22.0. The number of aryl methyl sites for hydroxylation is 2. The Morgan fingerprint density at radius 2 is 1.50 bits per heavy atom. The van der Waals surface area contributed by atoms with Crippen molar-refractivity contribution in [3.8, 4) is 0 Å². The summed E-state index contributed by atoms with van der Waals surface area (Å²) in [7, 11) is 0. The number of carbonyl (C=O) groups excluding carboxylic acids is 1. The lowest BCUT2D eigenvalue weighted by atomic mass is 10.00. The minimum atomic E-state index is 0.0559. The summed E-state index contributed by atoms with van der Waals surface area (Å²) < 4.78 is 0. The minimum Gasteiger partial charge on any atom is -0.306 e. The molecular weight excluding hydrogens is 392 g/mol. The van der Waals surface area contributed by atoms with Gasteiger partial charge in [-0.1, -0.05) is 66.7 Å². The van der Waals surface area contributed by atoms with Gasteiger partial charge in [-0.15, -0.1) is 0 Å². The number of anilines is 1. The van der Waals surface area contributed by atoms with Crippen LogP contribution in [0.3, 0.4) is 0 Å². The molecule has 0 radical (unpaired) electrons. The quantitative estimate of drug-likeness (QED) is 0.452. The van der Waals surface area contributed by atoms with Crippen molar-refractivity contribution in [2.45, 2.75) is 39.3 Å². The Hall–Kier alpha value is -3.17. The number of hydrogen-bond acceptors (Lipinski definition) is 2. The SMILES string of the molecule is Cc1cc(C)cc(N(C(=O)/C=C/c2ccccc2)C2CCN(Cc3ccccc3)CC2)c1. The van der Waals surface area contributed by atoms with Gasteiger partial charge in [0.25, 0.3) is 5.91 Å². The fourth-order valence-electron chi connectivity index (χ4n) is 4.60. The van der Waals surface area contributed by atoms with Gasteiger partial charge in [0, 0.05) is 37.4 Å². The smallest absolute Gasteiger partial charge is 0.251 e. The molecule has 1 amide bonds. The van der Waals surface area contributed by atoms with Gasteiger partial charge in [0.05, 0.1) is 0 Å². The zero-order chi connectivity index (χ0) is 22.3. The van der Waals surface area contributed by atoms with Crippen molar-refractivity contribution in [1.82, 2.24) is 4.90 Å². The normalized spacial score (nSPS) is 15.2. The molecule has 0 aliphatic carbocycles. The van der Waals surface area contributed by atoms with Gasteiger partial charge in [0.15, 0.2) is 0 Å². The van der Waals surface area contributed by atoms with Crippen LogP contribution in [0.5, 0.6) is 0 Å². The number of carbonyl (C=O) groups is 1. The molecule has 164 valence electrons. The van der Waals surface area contributed by atoms with E-state index in [1.54, 1.807) is 6.08 Å². The zero-order valence-electron chi connectivity index (χ0n) is 19.1. The third kappa shape index (κ3) is 5.74. The lowest BCUT2D eigenvalue weighted by molar-refractivity contribution is -0.114. The van der Waals surface area contributed by atoms with Gasteiger partial charge in [-0.05, 0) is 67.2 Å². The Morgan fingerprint density at radius 3 is 2.12 bits per heavy atom. The summed E-state index contributed by atoms with van der Waals surface area (Å²) in [6, 6.07) is 27.3. The average molecular weight is 425 g/mol. The second-order valence-electron chi connectivity index (χ2n) is 8.79. The van der Waals surface area contributed by atoms with E-state index in [9.17, 15) is 4.79 Å². The highest BCUT2D eigenvalue weighted by Gasteiger charge is 2.28. The van der Waals surface area contributed by atoms with Crippen molar-refractivity contribution in [2.75, 3.05) is 18.0 Å². The van der Waals surface area contributed by atoms with Crippen LogP contribution in [-0.4, -0.2) is 29.9 Å². The van der Waals surface area contributed by atoms with Crippen LogP contribution < -0.4 is 4.90 Å². The molecule has 0 atom stereocenters. The largest absolute Gasteiger partial charge is 0.306 e. The number of benzene rings is 3. The standard InChI is InChI=1S/C29H32N2O/c1-23-19-24(2)21-28(20-23)31(29(32)14-13-25-9-5-3-6-10-25)27-15-17-30(18-16-27)22-26-11-7-4-8-12-26/h3-14,19-21,27H,15-18,22H2,1-2H3/b14-13+. The van der Waals surface area contributed by atoms with E-state index < -0.39 is 0 Å². The van der Waals surface area contributed by atoms with E-state index >= 15 is 0 Å². The van der Waals surface area contributed by atoms with Gasteiger partial charge in [-0.25, -0.2) is 0 Å². The summed E-state index contributed by atoms with van der Waals surface area (Å²) in [5, 5.41) is 0. The van der Waals surface area contributed by atoms with E-state index in [0.717, 1.165) is 43.7 Å². The van der Waals surface area contributed by atoms with Gasteiger partial charge in [0.1, 0.15) is 0 Å². The molecule has 3 nitrogen and oxygen atoms in total. The van der Waals surface area contributed by atoms with Gasteiger partial charge in [-0.2, -0.15) is 0 Å². The molecular formula is C29H32N2O. The van der Waals surface area contributed by atoms with Gasteiger partial charge < -0.3 is 4.90 Å². The van der Waals surface area contributed by atoms with Crippen molar-refractivity contribution in [1.29, 1.82) is 0 Å². The number of amides is 1. The Labute approximate surface area is 192 Å². The molecule has 1 heterocycles. The van der Waals surface area contributed by atoms with Crippen LogP contribution in [0, 0.1) is 13.8 Å². The second kappa shape index (κ2) is 10.4. The van der Waals surface area contributed by atoms with E-state index in [1.807, 2.05) is 41.3 Å². The molecule has 1 aliphatic heterocycles. The molecule has 3 aromatic rings. The molecule has 1 fully saturated rings. The lowest BCUT2D eigenvalue weighted by Crippen LogP contribution is -2.47. The van der Waals surface area contributed by atoms with E-state index in [4.69, 9.17) is 0 Å². The molecule has 3 aromatic carbocycles. The maximum absolute atomic E-state index is 13.4. The monoisotopic (exact) mass is 424 g/mol. The van der Waals surface area contributed by atoms with Crippen LogP contribution >= 0.6 is 0 Å². The zero-order valence-corrected chi connectivity index (χ0v) is 19.1. The van der Waals surface area contributed by atoms with Crippen LogP contribution in [0.15, 0.2) is 84.9 Å². The van der Waals surface area contributed by atoms with E-state index in [1.165, 1.54) is 16.7 Å². The predicted octanol–water partition coefficient (Wildman–Crippen LogP) is 6.01. The molecule has 1 saturated heterocycles. The summed E-state index contributed by atoms with van der Waals surface area (Å²) in [5.74, 6) is 0.0559. The Morgan fingerprint density at radius 1 is 0.906 bits per heavy atom. The number of nitrogens with zero attached hydrogens (tertiary/aromatic N) is 2. The van der Waals surface area contributed by atoms with Crippen molar-refractivity contribution < 1.29 is 4.79 Å². The van der Waals surface area contributed by atoms with Crippen molar-refractivity contribution in [3.63, 3.8) is 0 Å². The highest BCUT2D eigenvalue weighted by atomic mass is 16.2. The third-order valence-electron chi connectivity index (χ3n) is 6.11. The van der Waals surface area contributed by atoms with Crippen molar-refractivity contribution in [3.05, 3.63) is 107 Å². The molecule has 4 rings (SSSR count). The van der Waals surface area contributed by atoms with Gasteiger partial charge >= 0.3 is 0 Å². The number of rotatable bonds is 6. The molecule has 0 unspecified atom stereocenters. The fourth-order valence-corrected chi connectivity index (χ4v) is 4.60. The van der Waals surface area contributed by atoms with Crippen molar-refractivity contribution >= 4 is 17.7 Å². The summed E-state index contributed by atoms with van der Waals surface area (Å²) in [5.41, 5.74) is 5.77. The van der Waals surface area contributed by atoms with Crippen LogP contribution in [0.2, 0.25) is 0 Å². The van der Waals surface area contributed by atoms with E-state index in [-0.39, 0.29) is 11.9 Å². The van der Waals surface area contributed by atoms with Crippen LogP contribution in [0.1, 0.15) is 35.1 Å². The lowest BCUT2D eigenvalue weighted by Gasteiger charge is -2.38. The highest BCUT2D eigenvalue weighted by Crippen LogP contribution is 2.27. The summed E-state index contributed by atoms with van der Waals surface area (Å²) in [6.07, 6.45) is 5.60. The molecule has 0 aromatic heterocycles. The maximum atomic E-state index is 13.4. The Balaban J connectivity index is 1.51.